The van der Waals surface area contributed by atoms with Crippen LogP contribution in [-0.4, -0.2) is 15.7 Å². The molecular formula is C26H24BrN3O3. The van der Waals surface area contributed by atoms with Crippen LogP contribution in [0.15, 0.2) is 83.3 Å². The average molecular weight is 506 g/mol. The molecule has 3 aromatic carbocycles. The number of halogens is 1. The van der Waals surface area contributed by atoms with Crippen LogP contribution in [0.2, 0.25) is 0 Å². The van der Waals surface area contributed by atoms with Crippen LogP contribution in [-0.2, 0) is 13.3 Å². The maximum absolute atomic E-state index is 12.8. The Morgan fingerprint density at radius 1 is 0.939 bits per heavy atom. The minimum atomic E-state index is -0.191. The van der Waals surface area contributed by atoms with Gasteiger partial charge in [-0.25, -0.2) is 4.68 Å². The third kappa shape index (κ3) is 5.81. The number of hydrogen-bond donors (Lipinski definition) is 1. The summed E-state index contributed by atoms with van der Waals surface area (Å²) >= 11 is 3.43. The van der Waals surface area contributed by atoms with Gasteiger partial charge in [0, 0.05) is 10.0 Å². The van der Waals surface area contributed by atoms with Gasteiger partial charge in [0.1, 0.15) is 18.1 Å². The highest BCUT2D eigenvalue weighted by atomic mass is 79.9. The van der Waals surface area contributed by atoms with E-state index in [-0.39, 0.29) is 12.6 Å². The van der Waals surface area contributed by atoms with Crippen molar-refractivity contribution in [3.05, 3.63) is 106 Å². The van der Waals surface area contributed by atoms with Gasteiger partial charge in [-0.05, 0) is 61.9 Å². The third-order valence-corrected chi connectivity index (χ3v) is 5.63. The van der Waals surface area contributed by atoms with E-state index in [1.807, 2.05) is 80.6 Å². The Balaban J connectivity index is 1.37. The Morgan fingerprint density at radius 2 is 1.67 bits per heavy atom. The molecule has 1 amide bonds. The van der Waals surface area contributed by atoms with E-state index in [2.05, 4.69) is 26.3 Å². The van der Waals surface area contributed by atoms with Crippen LogP contribution in [0.4, 0.5) is 5.69 Å². The van der Waals surface area contributed by atoms with Gasteiger partial charge in [0.15, 0.2) is 6.73 Å². The van der Waals surface area contributed by atoms with Crippen LogP contribution in [0, 0.1) is 13.8 Å². The molecule has 0 saturated carbocycles. The number of amides is 1. The number of carbonyl (C=O) groups excluding carboxylic acids is 1. The smallest absolute Gasteiger partial charge is 0.255 e. The molecule has 0 aliphatic heterocycles. The number of aromatic nitrogens is 2. The third-order valence-electron chi connectivity index (χ3n) is 5.13. The van der Waals surface area contributed by atoms with E-state index < -0.39 is 0 Å². The highest BCUT2D eigenvalue weighted by molar-refractivity contribution is 9.10. The van der Waals surface area contributed by atoms with E-state index in [1.165, 1.54) is 0 Å². The van der Waals surface area contributed by atoms with Crippen LogP contribution < -0.4 is 14.8 Å². The lowest BCUT2D eigenvalue weighted by molar-refractivity contribution is 0.102. The van der Waals surface area contributed by atoms with Crippen molar-refractivity contribution in [1.29, 1.82) is 0 Å². The van der Waals surface area contributed by atoms with Crippen molar-refractivity contribution in [3.8, 4) is 11.5 Å². The summed E-state index contributed by atoms with van der Waals surface area (Å²) in [6, 6.07) is 24.6. The summed E-state index contributed by atoms with van der Waals surface area (Å²) in [4.78, 5) is 12.8. The first kappa shape index (κ1) is 22.6. The summed E-state index contributed by atoms with van der Waals surface area (Å²) in [5.41, 5.74) is 3.80. The van der Waals surface area contributed by atoms with Gasteiger partial charge in [-0.1, -0.05) is 52.3 Å². The lowest BCUT2D eigenvalue weighted by Gasteiger charge is -2.10. The summed E-state index contributed by atoms with van der Waals surface area (Å²) in [5.74, 6) is 1.36. The van der Waals surface area contributed by atoms with E-state index in [4.69, 9.17) is 9.47 Å². The van der Waals surface area contributed by atoms with Gasteiger partial charge in [0.2, 0.25) is 0 Å². The summed E-state index contributed by atoms with van der Waals surface area (Å²) in [6.07, 6.45) is 0. The van der Waals surface area contributed by atoms with Crippen LogP contribution in [0.3, 0.4) is 0 Å². The molecule has 0 radical (unpaired) electrons. The Morgan fingerprint density at radius 3 is 2.39 bits per heavy atom. The molecule has 0 aliphatic rings. The molecule has 0 unspecified atom stereocenters. The van der Waals surface area contributed by atoms with Crippen LogP contribution >= 0.6 is 15.9 Å². The first-order valence-corrected chi connectivity index (χ1v) is 11.3. The second-order valence-electron chi connectivity index (χ2n) is 7.53. The van der Waals surface area contributed by atoms with Gasteiger partial charge < -0.3 is 14.8 Å². The number of anilines is 1. The fourth-order valence-corrected chi connectivity index (χ4v) is 3.70. The lowest BCUT2D eigenvalue weighted by atomic mass is 10.1. The van der Waals surface area contributed by atoms with Gasteiger partial charge in [-0.15, -0.1) is 0 Å². The number of benzene rings is 3. The number of nitrogens with one attached hydrogen (secondary N) is 1. The van der Waals surface area contributed by atoms with Crippen molar-refractivity contribution in [2.24, 2.45) is 0 Å². The molecule has 0 spiro atoms. The van der Waals surface area contributed by atoms with Crippen molar-refractivity contribution < 1.29 is 14.3 Å². The highest BCUT2D eigenvalue weighted by Gasteiger charge is 2.15. The topological polar surface area (TPSA) is 65.4 Å². The molecule has 0 atom stereocenters. The van der Waals surface area contributed by atoms with Gasteiger partial charge in [-0.3, -0.25) is 4.79 Å². The van der Waals surface area contributed by atoms with E-state index >= 15 is 0 Å². The molecule has 4 aromatic rings. The fourth-order valence-electron chi connectivity index (χ4n) is 3.32. The summed E-state index contributed by atoms with van der Waals surface area (Å²) in [5, 5.41) is 7.49. The first-order valence-electron chi connectivity index (χ1n) is 10.5. The molecule has 4 rings (SSSR count). The number of rotatable bonds is 8. The largest absolute Gasteiger partial charge is 0.489 e. The number of aryl methyl sites for hydroxylation is 1. The van der Waals surface area contributed by atoms with Crippen molar-refractivity contribution in [2.75, 3.05) is 5.32 Å². The van der Waals surface area contributed by atoms with Gasteiger partial charge in [0.25, 0.3) is 5.91 Å². The van der Waals surface area contributed by atoms with Crippen LogP contribution in [0.5, 0.6) is 11.5 Å². The van der Waals surface area contributed by atoms with E-state index in [0.29, 0.717) is 17.9 Å². The molecule has 0 saturated heterocycles. The Hall–Kier alpha value is -3.58. The quantitative estimate of drug-likeness (QED) is 0.312. The Bertz CT molecular complexity index is 1240. The highest BCUT2D eigenvalue weighted by Crippen LogP contribution is 2.22. The number of nitrogens with zero attached hydrogens (tertiary/aromatic N) is 2. The monoisotopic (exact) mass is 505 g/mol. The first-order chi connectivity index (χ1) is 16.0. The summed E-state index contributed by atoms with van der Waals surface area (Å²) in [6.45, 7) is 4.46. The predicted octanol–water partition coefficient (Wildman–Crippen LogP) is 6.13. The van der Waals surface area contributed by atoms with Crippen LogP contribution in [0.1, 0.15) is 27.3 Å². The number of ether oxygens (including phenoxy) is 2. The molecule has 7 heteroatoms. The SMILES string of the molecule is Cc1nn(COc2ccccc2)c(C)c1NC(=O)c1ccc(COc2cccc(Br)c2)cc1. The molecule has 0 aliphatic carbocycles. The molecule has 33 heavy (non-hydrogen) atoms. The zero-order chi connectivity index (χ0) is 23.2. The molecule has 0 fully saturated rings. The van der Waals surface area contributed by atoms with Gasteiger partial charge in [-0.2, -0.15) is 5.10 Å². The number of para-hydroxylation sites is 1. The van der Waals surface area contributed by atoms with Gasteiger partial charge in [0.05, 0.1) is 17.1 Å². The van der Waals surface area contributed by atoms with Gasteiger partial charge >= 0.3 is 0 Å². The minimum Gasteiger partial charge on any atom is -0.489 e. The molecule has 1 aromatic heterocycles. The molecular weight excluding hydrogens is 482 g/mol. The van der Waals surface area contributed by atoms with E-state index in [9.17, 15) is 4.79 Å². The molecule has 0 bridgehead atoms. The summed E-state index contributed by atoms with van der Waals surface area (Å²) in [7, 11) is 0. The Kier molecular flexibility index (Phi) is 7.10. The summed E-state index contributed by atoms with van der Waals surface area (Å²) < 4.78 is 14.3. The van der Waals surface area contributed by atoms with Crippen molar-refractivity contribution in [3.63, 3.8) is 0 Å². The average Bonchev–Trinajstić information content (AvgIpc) is 3.10. The Labute approximate surface area is 201 Å². The minimum absolute atomic E-state index is 0.191. The van der Waals surface area contributed by atoms with Crippen molar-refractivity contribution >= 4 is 27.5 Å². The standard InChI is InChI=1S/C26H24BrN3O3/c1-18-25(19(2)30(29-18)17-33-23-8-4-3-5-9-23)28-26(31)21-13-11-20(12-14-21)16-32-24-10-6-7-22(27)15-24/h3-15H,16-17H2,1-2H3,(H,28,31). The maximum Gasteiger partial charge on any atom is 0.255 e. The fraction of sp³-hybridized carbons (Fsp3) is 0.154. The molecule has 168 valence electrons. The van der Waals surface area contributed by atoms with Crippen molar-refractivity contribution in [2.45, 2.75) is 27.2 Å². The maximum atomic E-state index is 12.8. The second-order valence-corrected chi connectivity index (χ2v) is 8.44. The zero-order valence-electron chi connectivity index (χ0n) is 18.4. The lowest BCUT2D eigenvalue weighted by Crippen LogP contribution is -2.14. The normalized spacial score (nSPS) is 10.6. The second kappa shape index (κ2) is 10.4. The molecule has 1 heterocycles. The van der Waals surface area contributed by atoms with E-state index in [1.54, 1.807) is 16.8 Å². The van der Waals surface area contributed by atoms with E-state index in [0.717, 1.165) is 32.9 Å². The van der Waals surface area contributed by atoms with Crippen LogP contribution in [0.25, 0.3) is 0 Å². The molecule has 1 N–H and O–H groups in total. The number of carbonyl (C=O) groups is 1. The molecule has 6 nitrogen and oxygen atoms in total. The zero-order valence-corrected chi connectivity index (χ0v) is 20.0. The van der Waals surface area contributed by atoms with Crippen molar-refractivity contribution in [1.82, 2.24) is 9.78 Å². The number of hydrogen-bond acceptors (Lipinski definition) is 4. The predicted molar refractivity (Wildman–Crippen MR) is 132 cm³/mol.